The molecule has 20 heavy (non-hydrogen) atoms. The van der Waals surface area contributed by atoms with E-state index in [1.807, 2.05) is 30.3 Å². The van der Waals surface area contributed by atoms with Gasteiger partial charge in [-0.05, 0) is 29.7 Å². The maximum absolute atomic E-state index is 12.1. The van der Waals surface area contributed by atoms with E-state index in [4.69, 9.17) is 10.4 Å². The van der Waals surface area contributed by atoms with Gasteiger partial charge in [-0.3, -0.25) is 4.79 Å². The smallest absolute Gasteiger partial charge is 0.269 e. The van der Waals surface area contributed by atoms with Gasteiger partial charge >= 0.3 is 0 Å². The summed E-state index contributed by atoms with van der Waals surface area (Å²) in [6.45, 7) is 2.12. The lowest BCUT2D eigenvalue weighted by atomic mass is 10.1. The van der Waals surface area contributed by atoms with Gasteiger partial charge in [0.1, 0.15) is 11.6 Å². The topological polar surface area (TPSA) is 66.0 Å². The van der Waals surface area contributed by atoms with Crippen molar-refractivity contribution in [1.82, 2.24) is 4.57 Å². The van der Waals surface area contributed by atoms with Crippen LogP contribution in [-0.4, -0.2) is 16.3 Å². The Balaban J connectivity index is 2.58. The van der Waals surface area contributed by atoms with Crippen molar-refractivity contribution in [3.63, 3.8) is 0 Å². The molecule has 1 aromatic heterocycles. The lowest BCUT2D eigenvalue weighted by molar-refractivity contribution is 0.275. The van der Waals surface area contributed by atoms with Crippen molar-refractivity contribution in [3.8, 4) is 17.3 Å². The SMILES string of the molecule is CCc1ccc(-c2ccc(C#N)c(=O)n2CCO)cc1. The summed E-state index contributed by atoms with van der Waals surface area (Å²) in [4.78, 5) is 12.1. The zero-order valence-electron chi connectivity index (χ0n) is 11.3. The normalized spacial score (nSPS) is 10.2. The first-order valence-electron chi connectivity index (χ1n) is 6.55. The van der Waals surface area contributed by atoms with E-state index in [1.165, 1.54) is 16.2 Å². The summed E-state index contributed by atoms with van der Waals surface area (Å²) in [6.07, 6.45) is 0.955. The number of aliphatic hydroxyl groups is 1. The Morgan fingerprint density at radius 1 is 1.20 bits per heavy atom. The van der Waals surface area contributed by atoms with Gasteiger partial charge in [-0.1, -0.05) is 31.2 Å². The third-order valence-electron chi connectivity index (χ3n) is 3.28. The molecule has 2 aromatic rings. The third-order valence-corrected chi connectivity index (χ3v) is 3.28. The highest BCUT2D eigenvalue weighted by molar-refractivity contribution is 5.60. The summed E-state index contributed by atoms with van der Waals surface area (Å²) >= 11 is 0. The van der Waals surface area contributed by atoms with Crippen molar-refractivity contribution in [2.24, 2.45) is 0 Å². The van der Waals surface area contributed by atoms with Crippen LogP contribution >= 0.6 is 0 Å². The molecule has 1 N–H and O–H groups in total. The van der Waals surface area contributed by atoms with Gasteiger partial charge in [-0.15, -0.1) is 0 Å². The predicted octanol–water partition coefficient (Wildman–Crippen LogP) is 1.94. The number of benzene rings is 1. The molecule has 4 nitrogen and oxygen atoms in total. The Morgan fingerprint density at radius 2 is 1.90 bits per heavy atom. The first-order chi connectivity index (χ1) is 9.71. The van der Waals surface area contributed by atoms with E-state index in [0.29, 0.717) is 5.69 Å². The fourth-order valence-corrected chi connectivity index (χ4v) is 2.15. The molecule has 0 spiro atoms. The Kier molecular flexibility index (Phi) is 4.34. The molecule has 2 rings (SSSR count). The van der Waals surface area contributed by atoms with Gasteiger partial charge in [0.2, 0.25) is 0 Å². The summed E-state index contributed by atoms with van der Waals surface area (Å²) in [5.41, 5.74) is 2.56. The highest BCUT2D eigenvalue weighted by Gasteiger charge is 2.09. The maximum atomic E-state index is 12.1. The van der Waals surface area contributed by atoms with Crippen LogP contribution in [0.5, 0.6) is 0 Å². The molecule has 0 radical (unpaired) electrons. The molecular weight excluding hydrogens is 252 g/mol. The molecule has 0 atom stereocenters. The molecule has 102 valence electrons. The van der Waals surface area contributed by atoms with Crippen molar-refractivity contribution >= 4 is 0 Å². The van der Waals surface area contributed by atoms with Crippen molar-refractivity contribution in [2.45, 2.75) is 19.9 Å². The first kappa shape index (κ1) is 14.0. The second kappa shape index (κ2) is 6.18. The average molecular weight is 268 g/mol. The Bertz CT molecular complexity index is 694. The highest BCUT2D eigenvalue weighted by atomic mass is 16.3. The molecule has 0 amide bonds. The van der Waals surface area contributed by atoms with Gasteiger partial charge < -0.3 is 9.67 Å². The van der Waals surface area contributed by atoms with Crippen molar-refractivity contribution in [3.05, 3.63) is 57.9 Å². The summed E-state index contributed by atoms with van der Waals surface area (Å²) < 4.78 is 1.44. The maximum Gasteiger partial charge on any atom is 0.269 e. The monoisotopic (exact) mass is 268 g/mol. The molecule has 4 heteroatoms. The fourth-order valence-electron chi connectivity index (χ4n) is 2.15. The van der Waals surface area contributed by atoms with E-state index in [9.17, 15) is 4.79 Å². The van der Waals surface area contributed by atoms with Gasteiger partial charge in [0.05, 0.1) is 12.3 Å². The largest absolute Gasteiger partial charge is 0.395 e. The summed E-state index contributed by atoms with van der Waals surface area (Å²) in [5.74, 6) is 0. The number of nitriles is 1. The molecule has 0 saturated heterocycles. The minimum atomic E-state index is -0.362. The number of nitrogens with zero attached hydrogens (tertiary/aromatic N) is 2. The van der Waals surface area contributed by atoms with Crippen LogP contribution in [0.1, 0.15) is 18.1 Å². The van der Waals surface area contributed by atoms with E-state index in [0.717, 1.165) is 12.0 Å². The van der Waals surface area contributed by atoms with Crippen LogP contribution in [0.25, 0.3) is 11.3 Å². The number of aryl methyl sites for hydroxylation is 1. The summed E-state index contributed by atoms with van der Waals surface area (Å²) in [7, 11) is 0. The summed E-state index contributed by atoms with van der Waals surface area (Å²) in [6, 6.07) is 13.1. The molecule has 0 bridgehead atoms. The third kappa shape index (κ3) is 2.63. The molecule has 1 heterocycles. The Hall–Kier alpha value is -2.38. The highest BCUT2D eigenvalue weighted by Crippen LogP contribution is 2.19. The number of aromatic nitrogens is 1. The van der Waals surface area contributed by atoms with Gasteiger partial charge in [0.15, 0.2) is 0 Å². The molecule has 0 saturated carbocycles. The Morgan fingerprint density at radius 3 is 2.45 bits per heavy atom. The molecule has 0 unspecified atom stereocenters. The molecule has 0 fully saturated rings. The second-order valence-corrected chi connectivity index (χ2v) is 4.47. The predicted molar refractivity (Wildman–Crippen MR) is 77.3 cm³/mol. The standard InChI is InChI=1S/C16H16N2O2/c1-2-12-3-5-13(6-4-12)15-8-7-14(11-17)16(20)18(15)9-10-19/h3-8,19H,2,9-10H2,1H3. The second-order valence-electron chi connectivity index (χ2n) is 4.47. The van der Waals surface area contributed by atoms with Crippen molar-refractivity contribution in [1.29, 1.82) is 5.26 Å². The van der Waals surface area contributed by atoms with Gasteiger partial charge in [-0.2, -0.15) is 5.26 Å². The van der Waals surface area contributed by atoms with E-state index < -0.39 is 0 Å². The van der Waals surface area contributed by atoms with Gasteiger partial charge in [-0.25, -0.2) is 0 Å². The molecule has 0 aliphatic heterocycles. The fraction of sp³-hybridized carbons (Fsp3) is 0.250. The number of hydrogen-bond acceptors (Lipinski definition) is 3. The van der Waals surface area contributed by atoms with Crippen molar-refractivity contribution < 1.29 is 5.11 Å². The van der Waals surface area contributed by atoms with Gasteiger partial charge in [0, 0.05) is 6.54 Å². The summed E-state index contributed by atoms with van der Waals surface area (Å²) in [5, 5.41) is 18.0. The molecule has 0 aliphatic rings. The van der Waals surface area contributed by atoms with Crippen LogP contribution in [0.3, 0.4) is 0 Å². The molecular formula is C16H16N2O2. The van der Waals surface area contributed by atoms with E-state index >= 15 is 0 Å². The van der Waals surface area contributed by atoms with Crippen LogP contribution in [0.4, 0.5) is 0 Å². The van der Waals surface area contributed by atoms with Crippen LogP contribution < -0.4 is 5.56 Å². The number of hydrogen-bond donors (Lipinski definition) is 1. The molecule has 1 aromatic carbocycles. The zero-order valence-corrected chi connectivity index (χ0v) is 11.3. The average Bonchev–Trinajstić information content (AvgIpc) is 2.49. The minimum absolute atomic E-state index is 0.0902. The van der Waals surface area contributed by atoms with E-state index in [1.54, 1.807) is 6.07 Å². The van der Waals surface area contributed by atoms with Gasteiger partial charge in [0.25, 0.3) is 5.56 Å². The van der Waals surface area contributed by atoms with Crippen LogP contribution in [0, 0.1) is 11.3 Å². The number of rotatable bonds is 4. The quantitative estimate of drug-likeness (QED) is 0.921. The van der Waals surface area contributed by atoms with Crippen LogP contribution in [-0.2, 0) is 13.0 Å². The Labute approximate surface area is 117 Å². The van der Waals surface area contributed by atoms with Crippen LogP contribution in [0.15, 0.2) is 41.2 Å². The first-order valence-corrected chi connectivity index (χ1v) is 6.55. The molecule has 0 aliphatic carbocycles. The van der Waals surface area contributed by atoms with E-state index in [-0.39, 0.29) is 24.3 Å². The van der Waals surface area contributed by atoms with Crippen LogP contribution in [0.2, 0.25) is 0 Å². The lowest BCUT2D eigenvalue weighted by Gasteiger charge is -2.12. The van der Waals surface area contributed by atoms with E-state index in [2.05, 4.69) is 6.92 Å². The zero-order chi connectivity index (χ0) is 14.5. The lowest BCUT2D eigenvalue weighted by Crippen LogP contribution is -2.25. The van der Waals surface area contributed by atoms with Crippen molar-refractivity contribution in [2.75, 3.05) is 6.61 Å². The number of pyridine rings is 1. The number of aliphatic hydroxyl groups excluding tert-OH is 1. The minimum Gasteiger partial charge on any atom is -0.395 e.